The number of aromatic nitrogens is 2. The third-order valence-corrected chi connectivity index (χ3v) is 4.25. The average molecular weight is 337 g/mol. The second kappa shape index (κ2) is 6.00. The molecule has 122 valence electrons. The predicted molar refractivity (Wildman–Crippen MR) is 75.8 cm³/mol. The Hall–Kier alpha value is -1.41. The Balaban J connectivity index is 0.00000176. The molecule has 2 aliphatic heterocycles. The van der Waals surface area contributed by atoms with Gasteiger partial charge in [0.2, 0.25) is 11.9 Å². The van der Waals surface area contributed by atoms with Gasteiger partial charge >= 0.3 is 6.18 Å². The van der Waals surface area contributed by atoms with Crippen LogP contribution in [0.15, 0.2) is 12.3 Å². The highest BCUT2D eigenvalue weighted by molar-refractivity contribution is 5.98. The van der Waals surface area contributed by atoms with Gasteiger partial charge in [-0.3, -0.25) is 9.69 Å². The van der Waals surface area contributed by atoms with E-state index in [4.69, 9.17) is 0 Å². The normalized spacial score (nSPS) is 21.0. The van der Waals surface area contributed by atoms with Crippen LogP contribution in [-0.4, -0.2) is 35.5 Å². The molecule has 1 spiro atoms. The molecule has 2 aliphatic rings. The van der Waals surface area contributed by atoms with Gasteiger partial charge in [-0.2, -0.15) is 13.2 Å². The number of hydrogen-bond acceptors (Lipinski definition) is 4. The summed E-state index contributed by atoms with van der Waals surface area (Å²) in [6.07, 6.45) is -1.42. The lowest BCUT2D eigenvalue weighted by Gasteiger charge is -2.31. The van der Waals surface area contributed by atoms with Crippen molar-refractivity contribution in [1.82, 2.24) is 15.3 Å². The number of carbonyl (C=O) groups excluding carboxylic acids is 1. The summed E-state index contributed by atoms with van der Waals surface area (Å²) in [6, 6.07) is 0.810. The molecule has 2 fully saturated rings. The van der Waals surface area contributed by atoms with E-state index in [-0.39, 0.29) is 24.3 Å². The minimum atomic E-state index is -4.53. The molecule has 0 atom stereocenters. The second-order valence-electron chi connectivity index (χ2n) is 5.48. The number of piperidine rings is 1. The van der Waals surface area contributed by atoms with E-state index in [9.17, 15) is 18.0 Å². The van der Waals surface area contributed by atoms with Gasteiger partial charge in [-0.15, -0.1) is 12.4 Å². The molecule has 1 amide bonds. The molecule has 9 heteroatoms. The van der Waals surface area contributed by atoms with Crippen molar-refractivity contribution in [1.29, 1.82) is 0 Å². The Bertz CT molecular complexity index is 560. The minimum absolute atomic E-state index is 0. The first-order valence-electron chi connectivity index (χ1n) is 6.85. The highest BCUT2D eigenvalue weighted by Crippen LogP contribution is 2.41. The largest absolute Gasteiger partial charge is 0.433 e. The highest BCUT2D eigenvalue weighted by atomic mass is 35.5. The highest BCUT2D eigenvalue weighted by Gasteiger charge is 2.48. The van der Waals surface area contributed by atoms with E-state index in [1.165, 1.54) is 4.90 Å². The molecule has 0 aromatic carbocycles. The predicted octanol–water partition coefficient (Wildman–Crippen LogP) is 2.02. The fourth-order valence-electron chi connectivity index (χ4n) is 3.02. The van der Waals surface area contributed by atoms with Crippen molar-refractivity contribution in [2.75, 3.05) is 24.5 Å². The monoisotopic (exact) mass is 336 g/mol. The Labute approximate surface area is 131 Å². The van der Waals surface area contributed by atoms with Crippen LogP contribution in [0.3, 0.4) is 0 Å². The van der Waals surface area contributed by atoms with Gasteiger partial charge in [-0.05, 0) is 38.4 Å². The smallest absolute Gasteiger partial charge is 0.317 e. The molecule has 1 aromatic rings. The van der Waals surface area contributed by atoms with Gasteiger partial charge in [-0.25, -0.2) is 9.97 Å². The van der Waals surface area contributed by atoms with Crippen molar-refractivity contribution < 1.29 is 18.0 Å². The third kappa shape index (κ3) is 2.89. The van der Waals surface area contributed by atoms with Crippen LogP contribution < -0.4 is 10.2 Å². The number of rotatable bonds is 1. The van der Waals surface area contributed by atoms with Gasteiger partial charge in [0.05, 0.1) is 5.41 Å². The van der Waals surface area contributed by atoms with Crippen LogP contribution in [-0.2, 0) is 11.0 Å². The molecule has 1 aromatic heterocycles. The van der Waals surface area contributed by atoms with Gasteiger partial charge in [0, 0.05) is 12.7 Å². The van der Waals surface area contributed by atoms with Crippen LogP contribution in [0.25, 0.3) is 0 Å². The van der Waals surface area contributed by atoms with Crippen LogP contribution in [0.4, 0.5) is 19.1 Å². The zero-order valence-corrected chi connectivity index (χ0v) is 12.5. The summed E-state index contributed by atoms with van der Waals surface area (Å²) in [7, 11) is 0. The molecule has 0 bridgehead atoms. The Kier molecular flexibility index (Phi) is 4.62. The number of amides is 1. The van der Waals surface area contributed by atoms with E-state index in [0.717, 1.165) is 25.4 Å². The number of alkyl halides is 3. The zero-order valence-electron chi connectivity index (χ0n) is 11.7. The molecule has 2 saturated heterocycles. The van der Waals surface area contributed by atoms with Gasteiger partial charge in [-0.1, -0.05) is 0 Å². The summed E-state index contributed by atoms with van der Waals surface area (Å²) in [5, 5.41) is 3.19. The maximum absolute atomic E-state index is 12.7. The quantitative estimate of drug-likeness (QED) is 0.852. The number of nitrogens with one attached hydrogen (secondary N) is 1. The average Bonchev–Trinajstić information content (AvgIpc) is 2.76. The van der Waals surface area contributed by atoms with E-state index in [1.807, 2.05) is 0 Å². The first-order valence-corrected chi connectivity index (χ1v) is 6.85. The first-order chi connectivity index (χ1) is 9.92. The maximum atomic E-state index is 12.7. The molecular weight excluding hydrogens is 321 g/mol. The van der Waals surface area contributed by atoms with E-state index >= 15 is 0 Å². The summed E-state index contributed by atoms with van der Waals surface area (Å²) in [6.45, 7) is 1.88. The van der Waals surface area contributed by atoms with Crippen LogP contribution >= 0.6 is 12.4 Å². The van der Waals surface area contributed by atoms with Crippen molar-refractivity contribution in [3.63, 3.8) is 0 Å². The molecule has 0 radical (unpaired) electrons. The molecule has 1 N–H and O–H groups in total. The standard InChI is InChI=1S/C13H15F3N4O.ClH/c14-13(15,16)9-1-5-18-11(19-9)20-8-4-12(10(20)21)2-6-17-7-3-12;/h1,5,17H,2-4,6-8H2;1H. The zero-order chi connectivity index (χ0) is 15.1. The number of hydrogen-bond donors (Lipinski definition) is 1. The third-order valence-electron chi connectivity index (χ3n) is 4.25. The van der Waals surface area contributed by atoms with Crippen LogP contribution in [0.5, 0.6) is 0 Å². The molecule has 0 saturated carbocycles. The first kappa shape index (κ1) is 17.0. The summed E-state index contributed by atoms with van der Waals surface area (Å²) < 4.78 is 38.1. The van der Waals surface area contributed by atoms with Crippen molar-refractivity contribution in [2.24, 2.45) is 5.41 Å². The maximum Gasteiger partial charge on any atom is 0.433 e. The Morgan fingerprint density at radius 1 is 1.23 bits per heavy atom. The molecule has 5 nitrogen and oxygen atoms in total. The molecule has 0 aliphatic carbocycles. The summed E-state index contributed by atoms with van der Waals surface area (Å²) >= 11 is 0. The second-order valence-corrected chi connectivity index (χ2v) is 5.48. The number of nitrogens with zero attached hydrogens (tertiary/aromatic N) is 3. The molecular formula is C13H16ClF3N4O. The number of carbonyl (C=O) groups is 1. The fourth-order valence-corrected chi connectivity index (χ4v) is 3.02. The summed E-state index contributed by atoms with van der Waals surface area (Å²) in [5.41, 5.74) is -1.48. The summed E-state index contributed by atoms with van der Waals surface area (Å²) in [4.78, 5) is 21.2. The van der Waals surface area contributed by atoms with Crippen molar-refractivity contribution >= 4 is 24.3 Å². The van der Waals surface area contributed by atoms with E-state index in [1.54, 1.807) is 0 Å². The van der Waals surface area contributed by atoms with Crippen LogP contribution in [0.2, 0.25) is 0 Å². The number of halogens is 4. The summed E-state index contributed by atoms with van der Waals surface area (Å²) in [5.74, 6) is -0.298. The van der Waals surface area contributed by atoms with Gasteiger partial charge in [0.1, 0.15) is 5.69 Å². The lowest BCUT2D eigenvalue weighted by atomic mass is 9.78. The fraction of sp³-hybridized carbons (Fsp3) is 0.615. The van der Waals surface area contributed by atoms with Crippen molar-refractivity contribution in [2.45, 2.75) is 25.4 Å². The Morgan fingerprint density at radius 3 is 2.55 bits per heavy atom. The van der Waals surface area contributed by atoms with Crippen LogP contribution in [0.1, 0.15) is 25.0 Å². The molecule has 0 unspecified atom stereocenters. The SMILES string of the molecule is Cl.O=C1N(c2nccc(C(F)(F)F)n2)CCC12CCNCC2. The number of anilines is 1. The van der Waals surface area contributed by atoms with Gasteiger partial charge < -0.3 is 5.32 Å². The molecule has 22 heavy (non-hydrogen) atoms. The van der Waals surface area contributed by atoms with Crippen molar-refractivity contribution in [3.8, 4) is 0 Å². The molecule has 3 heterocycles. The minimum Gasteiger partial charge on any atom is -0.317 e. The lowest BCUT2D eigenvalue weighted by molar-refractivity contribution is -0.141. The topological polar surface area (TPSA) is 58.1 Å². The Morgan fingerprint density at radius 2 is 1.91 bits per heavy atom. The van der Waals surface area contributed by atoms with Gasteiger partial charge in [0.15, 0.2) is 0 Å². The van der Waals surface area contributed by atoms with E-state index in [0.29, 0.717) is 25.8 Å². The van der Waals surface area contributed by atoms with E-state index in [2.05, 4.69) is 15.3 Å². The van der Waals surface area contributed by atoms with E-state index < -0.39 is 17.3 Å². The van der Waals surface area contributed by atoms with Gasteiger partial charge in [0.25, 0.3) is 0 Å². The van der Waals surface area contributed by atoms with Crippen LogP contribution in [0, 0.1) is 5.41 Å². The molecule has 3 rings (SSSR count). The van der Waals surface area contributed by atoms with Crippen molar-refractivity contribution in [3.05, 3.63) is 18.0 Å². The lowest BCUT2D eigenvalue weighted by Crippen LogP contribution is -2.43.